The summed E-state index contributed by atoms with van der Waals surface area (Å²) in [6, 6.07) is 0. The smallest absolute Gasteiger partial charge is 0.311 e. The molecule has 6 saturated heterocycles. The van der Waals surface area contributed by atoms with Gasteiger partial charge in [0, 0.05) is 102 Å². The zero-order valence-corrected chi connectivity index (χ0v) is 60.7. The second-order valence-electron chi connectivity index (χ2n) is 20.6. The Labute approximate surface area is 539 Å². The van der Waals surface area contributed by atoms with E-state index in [9.17, 15) is 14.4 Å². The maximum absolute atomic E-state index is 11.3. The third-order valence-electron chi connectivity index (χ3n) is 14.2. The van der Waals surface area contributed by atoms with Gasteiger partial charge in [0.1, 0.15) is 6.61 Å². The molecular formula is C65H138N9O8Y-. The van der Waals surface area contributed by atoms with E-state index >= 15 is 0 Å². The summed E-state index contributed by atoms with van der Waals surface area (Å²) < 4.78 is 4.94. The minimum Gasteiger partial charge on any atom is -0.481 e. The molecule has 0 spiro atoms. The maximum Gasteiger partial charge on any atom is 0.311 e. The first-order valence-electron chi connectivity index (χ1n) is 31.4. The van der Waals surface area contributed by atoms with Crippen molar-refractivity contribution >= 4 is 17.9 Å². The first kappa shape index (κ1) is 97.2. The van der Waals surface area contributed by atoms with Crippen LogP contribution in [0.5, 0.6) is 0 Å². The van der Waals surface area contributed by atoms with Crippen LogP contribution < -0.4 is 16.4 Å². The quantitative estimate of drug-likeness (QED) is 0.0411. The van der Waals surface area contributed by atoms with Gasteiger partial charge in [-0.15, -0.1) is 13.2 Å². The topological polar surface area (TPSA) is 211 Å². The number of esters is 1. The minimum absolute atomic E-state index is 0. The number of ether oxygens (including phenoxy) is 1. The van der Waals surface area contributed by atoms with E-state index in [1.54, 1.807) is 12.2 Å². The SMILES string of the molecule is C=CCC1(C(=O)O)CCN(C)C1.C=CCC1(NC)CCN(C)C1.C=CCOC(=O)C1CCN(C)C1.C=C[CH2-].CC.CC.CC.CC.CC.CC.CN1CCC(C(=O)O)C1.CN1CCC(N)(CCCO)C1.CNC1(CCCO)CCN(C)C1.[Y]. The van der Waals surface area contributed by atoms with Gasteiger partial charge >= 0.3 is 17.9 Å². The van der Waals surface area contributed by atoms with Gasteiger partial charge in [-0.25, -0.2) is 19.6 Å². The number of nitrogens with one attached hydrogen (secondary N) is 2. The third-order valence-corrected chi connectivity index (χ3v) is 14.2. The van der Waals surface area contributed by atoms with Gasteiger partial charge in [0.2, 0.25) is 0 Å². The van der Waals surface area contributed by atoms with Crippen LogP contribution in [-0.4, -0.2) is 239 Å². The van der Waals surface area contributed by atoms with Crippen molar-refractivity contribution in [2.24, 2.45) is 23.0 Å². The Hall–Kier alpha value is -2.10. The Morgan fingerprint density at radius 2 is 0.952 bits per heavy atom. The van der Waals surface area contributed by atoms with E-state index in [0.717, 1.165) is 117 Å². The van der Waals surface area contributed by atoms with Crippen molar-refractivity contribution in [2.75, 3.05) is 155 Å². The van der Waals surface area contributed by atoms with Gasteiger partial charge in [-0.2, -0.15) is 0 Å². The standard InChI is InChI=1S/C9H20N2O.C9H18N2.2C9H15NO2.C8H18N2O.C6H11NO2.C3H5.6C2H6.Y/c1-10-9(4-3-7-12)5-6-11(2)8-9;1-4-5-9(10-2)6-7-11(3)8-9;1-3-6-12-9(11)8-4-5-10(2)7-8;1-3-4-9(8(11)12)5-6-10(2)7-9;1-10-5-4-8(9,7-10)3-2-6-11;1-7-3-2-5(4-7)6(8)9;1-3-2;6*1-2;/h10,12H,3-8H2,1-2H3;4,10H,1,5-8H2,2-3H3;3,8H,1,4-7H2,2H3;3H,1,4-7H2,2H3,(H,11,12);11H,2-7,9H2,1H3;5H,2-4H2,1H3,(H,8,9);3H,1-2H2;6*1-2H3;/q;;;;;;-1;;;;;;;. The van der Waals surface area contributed by atoms with Crippen molar-refractivity contribution in [3.63, 3.8) is 0 Å². The van der Waals surface area contributed by atoms with Crippen LogP contribution in [0.3, 0.4) is 0 Å². The number of hydrogen-bond donors (Lipinski definition) is 7. The van der Waals surface area contributed by atoms with Crippen LogP contribution in [0.2, 0.25) is 0 Å². The van der Waals surface area contributed by atoms with Crippen LogP contribution >= 0.6 is 0 Å². The first-order valence-corrected chi connectivity index (χ1v) is 31.4. The summed E-state index contributed by atoms with van der Waals surface area (Å²) >= 11 is 0. The summed E-state index contributed by atoms with van der Waals surface area (Å²) in [6.07, 6.45) is 18.2. The van der Waals surface area contributed by atoms with E-state index < -0.39 is 17.4 Å². The monoisotopic (exact) mass is 1260 g/mol. The number of nitrogens with two attached hydrogens (primary N) is 1. The van der Waals surface area contributed by atoms with Gasteiger partial charge in [-0.3, -0.25) is 14.4 Å². The van der Waals surface area contributed by atoms with Gasteiger partial charge in [-0.1, -0.05) is 108 Å². The second kappa shape index (κ2) is 62.9. The zero-order chi connectivity index (χ0) is 65.4. The summed E-state index contributed by atoms with van der Waals surface area (Å²) in [5.74, 6) is -1.46. The summed E-state index contributed by atoms with van der Waals surface area (Å²) in [4.78, 5) is 45.7. The van der Waals surface area contributed by atoms with Gasteiger partial charge in [-0.05, 0) is 173 Å². The summed E-state index contributed by atoms with van der Waals surface area (Å²) in [7, 11) is 16.4. The van der Waals surface area contributed by atoms with E-state index in [-0.39, 0.29) is 68.2 Å². The van der Waals surface area contributed by atoms with Crippen molar-refractivity contribution in [1.29, 1.82) is 0 Å². The Morgan fingerprint density at radius 3 is 1.24 bits per heavy atom. The van der Waals surface area contributed by atoms with Crippen molar-refractivity contribution < 1.29 is 72.3 Å². The molecule has 83 heavy (non-hydrogen) atoms. The molecule has 0 aromatic rings. The van der Waals surface area contributed by atoms with Crippen LogP contribution in [0.15, 0.2) is 50.6 Å². The third kappa shape index (κ3) is 46.7. The number of aliphatic carboxylic acids is 2. The van der Waals surface area contributed by atoms with Crippen LogP contribution in [0.25, 0.3) is 0 Å². The number of aliphatic hydroxyl groups is 2. The van der Waals surface area contributed by atoms with Crippen LogP contribution in [0.4, 0.5) is 0 Å². The Morgan fingerprint density at radius 1 is 0.566 bits per heavy atom. The molecule has 0 amide bonds. The molecule has 0 aromatic heterocycles. The molecule has 0 bridgehead atoms. The molecule has 1 radical (unpaired) electrons. The molecule has 0 saturated carbocycles. The summed E-state index contributed by atoms with van der Waals surface area (Å²) in [5.41, 5.74) is 6.10. The average Bonchev–Trinajstić information content (AvgIpc) is 4.43. The second-order valence-corrected chi connectivity index (χ2v) is 20.6. The van der Waals surface area contributed by atoms with Crippen molar-refractivity contribution in [3.8, 4) is 0 Å². The Bertz CT molecular complexity index is 1520. The molecule has 8 N–H and O–H groups in total. The van der Waals surface area contributed by atoms with Gasteiger partial charge in [0.25, 0.3) is 0 Å². The number of hydrogen-bond acceptors (Lipinski definition) is 15. The van der Waals surface area contributed by atoms with E-state index in [1.165, 1.54) is 32.0 Å². The molecular weight excluding hydrogens is 1120 g/mol. The molecule has 6 rings (SSSR count). The number of carboxylic acid groups (broad SMARTS) is 2. The van der Waals surface area contributed by atoms with E-state index in [2.05, 4.69) is 89.5 Å². The molecule has 0 aromatic carbocycles. The Balaban J connectivity index is -0.000000129. The van der Waals surface area contributed by atoms with E-state index in [4.69, 9.17) is 30.9 Å². The van der Waals surface area contributed by atoms with Crippen molar-refractivity contribution in [2.45, 2.75) is 177 Å². The minimum atomic E-state index is -0.688. The first-order chi connectivity index (χ1) is 39.1. The normalized spacial score (nSPS) is 24.8. The van der Waals surface area contributed by atoms with Crippen molar-refractivity contribution in [1.82, 2.24) is 40.0 Å². The molecule has 6 aliphatic heterocycles. The number of aliphatic hydroxyl groups excluding tert-OH is 2. The molecule has 495 valence electrons. The molecule has 6 heterocycles. The van der Waals surface area contributed by atoms with E-state index in [0.29, 0.717) is 31.7 Å². The predicted octanol–water partition coefficient (Wildman–Crippen LogP) is 9.52. The van der Waals surface area contributed by atoms with Gasteiger partial charge in [0.15, 0.2) is 0 Å². The summed E-state index contributed by atoms with van der Waals surface area (Å²) in [6.45, 7) is 54.0. The molecule has 6 aliphatic rings. The molecule has 17 nitrogen and oxygen atoms in total. The van der Waals surface area contributed by atoms with Crippen LogP contribution in [-0.2, 0) is 51.8 Å². The molecule has 0 aliphatic carbocycles. The number of carboxylic acids is 2. The average molecular weight is 1260 g/mol. The fourth-order valence-corrected chi connectivity index (χ4v) is 9.91. The zero-order valence-electron chi connectivity index (χ0n) is 57.9. The van der Waals surface area contributed by atoms with E-state index in [1.807, 2.05) is 129 Å². The molecule has 6 fully saturated rings. The van der Waals surface area contributed by atoms with Gasteiger partial charge < -0.3 is 70.9 Å². The number of allylic oxidation sites excluding steroid dienone is 2. The van der Waals surface area contributed by atoms with Crippen molar-refractivity contribution in [3.05, 3.63) is 57.5 Å². The fraction of sp³-hybridized carbons (Fsp3) is 0.815. The summed E-state index contributed by atoms with van der Waals surface area (Å²) in [5, 5.41) is 41.7. The fourth-order valence-electron chi connectivity index (χ4n) is 9.91. The van der Waals surface area contributed by atoms with Crippen LogP contribution in [0, 0.1) is 24.2 Å². The predicted molar refractivity (Wildman–Crippen MR) is 355 cm³/mol. The molecule has 18 heteroatoms. The largest absolute Gasteiger partial charge is 0.481 e. The number of likely N-dealkylation sites (N-methyl/N-ethyl adjacent to an activating group) is 5. The number of nitrogens with zero attached hydrogens (tertiary/aromatic N) is 6. The molecule has 6 unspecified atom stereocenters. The van der Waals surface area contributed by atoms with Crippen LogP contribution in [0.1, 0.15) is 160 Å². The maximum atomic E-state index is 11.3. The Kier molecular flexibility index (Phi) is 73.7. The van der Waals surface area contributed by atoms with Gasteiger partial charge in [0.05, 0.1) is 17.3 Å². The number of rotatable bonds is 17. The number of carbonyl (C=O) groups is 3. The number of likely N-dealkylation sites (tertiary alicyclic amines) is 6. The molecule has 6 atom stereocenters. The number of carbonyl (C=O) groups excluding carboxylic acids is 1.